The Morgan fingerprint density at radius 1 is 1.31 bits per heavy atom. The number of aryl methyl sites for hydroxylation is 2. The largest absolute Gasteiger partial charge is 0.454 e. The highest BCUT2D eigenvalue weighted by atomic mass is 16.7. The van der Waals surface area contributed by atoms with Gasteiger partial charge in [-0.05, 0) is 44.7 Å². The first-order valence-electron chi connectivity index (χ1n) is 9.16. The van der Waals surface area contributed by atoms with Gasteiger partial charge in [-0.1, -0.05) is 0 Å². The van der Waals surface area contributed by atoms with Crippen LogP contribution in [0.1, 0.15) is 31.5 Å². The maximum Gasteiger partial charge on any atom is 0.322 e. The van der Waals surface area contributed by atoms with Crippen molar-refractivity contribution in [1.29, 1.82) is 0 Å². The van der Waals surface area contributed by atoms with E-state index in [1.54, 1.807) is 0 Å². The first kappa shape index (κ1) is 16.8. The second kappa shape index (κ2) is 7.27. The number of nitrogens with zero attached hydrogens (tertiary/aromatic N) is 3. The first-order chi connectivity index (χ1) is 12.7. The molecule has 2 aliphatic rings. The summed E-state index contributed by atoms with van der Waals surface area (Å²) in [6, 6.07) is 5.69. The van der Waals surface area contributed by atoms with Crippen LogP contribution in [0.4, 0.5) is 10.5 Å². The van der Waals surface area contributed by atoms with Gasteiger partial charge in [-0.3, -0.25) is 0 Å². The van der Waals surface area contributed by atoms with Crippen molar-refractivity contribution < 1.29 is 14.3 Å². The predicted molar refractivity (Wildman–Crippen MR) is 97.5 cm³/mol. The third kappa shape index (κ3) is 3.47. The van der Waals surface area contributed by atoms with Crippen LogP contribution in [-0.4, -0.2) is 39.9 Å². The number of fused-ring (bicyclic) bond motifs is 1. The fourth-order valence-electron chi connectivity index (χ4n) is 3.67. The summed E-state index contributed by atoms with van der Waals surface area (Å²) in [5.74, 6) is 2.40. The molecule has 1 N–H and O–H groups in total. The molecule has 0 saturated carbocycles. The number of likely N-dealkylation sites (tertiary alicyclic amines) is 1. The third-order valence-corrected chi connectivity index (χ3v) is 5.14. The molecular weight excluding hydrogens is 332 g/mol. The highest BCUT2D eigenvalue weighted by Crippen LogP contribution is 2.34. The Morgan fingerprint density at radius 3 is 3.04 bits per heavy atom. The maximum atomic E-state index is 12.8. The van der Waals surface area contributed by atoms with E-state index in [1.807, 2.05) is 42.4 Å². The smallest absolute Gasteiger partial charge is 0.322 e. The van der Waals surface area contributed by atoms with Crippen molar-refractivity contribution in [3.8, 4) is 11.5 Å². The van der Waals surface area contributed by atoms with Crippen LogP contribution in [0.2, 0.25) is 0 Å². The number of hydrogen-bond acceptors (Lipinski definition) is 4. The van der Waals surface area contributed by atoms with Gasteiger partial charge < -0.3 is 24.3 Å². The van der Waals surface area contributed by atoms with Gasteiger partial charge in [0.15, 0.2) is 11.5 Å². The van der Waals surface area contributed by atoms with Crippen LogP contribution >= 0.6 is 0 Å². The van der Waals surface area contributed by atoms with Crippen LogP contribution in [0, 0.1) is 6.92 Å². The summed E-state index contributed by atoms with van der Waals surface area (Å²) in [6.45, 7) is 3.91. The summed E-state index contributed by atoms with van der Waals surface area (Å²) >= 11 is 0. The molecule has 1 aromatic heterocycles. The van der Waals surface area contributed by atoms with Gasteiger partial charge in [-0.25, -0.2) is 9.78 Å². The van der Waals surface area contributed by atoms with Crippen molar-refractivity contribution in [1.82, 2.24) is 14.5 Å². The minimum atomic E-state index is -0.0454. The van der Waals surface area contributed by atoms with Gasteiger partial charge in [0.1, 0.15) is 5.82 Å². The quantitative estimate of drug-likeness (QED) is 0.912. The molecule has 3 heterocycles. The summed E-state index contributed by atoms with van der Waals surface area (Å²) in [7, 11) is 0. The highest BCUT2D eigenvalue weighted by Gasteiger charge is 2.27. The summed E-state index contributed by atoms with van der Waals surface area (Å²) in [4.78, 5) is 19.1. The lowest BCUT2D eigenvalue weighted by Gasteiger charge is -2.36. The molecule has 138 valence electrons. The Hall–Kier alpha value is -2.70. The average Bonchev–Trinajstić information content (AvgIpc) is 3.28. The number of ether oxygens (including phenoxy) is 2. The normalized spacial score (nSPS) is 18.8. The topological polar surface area (TPSA) is 68.6 Å². The zero-order chi connectivity index (χ0) is 17.9. The second-order valence-electron chi connectivity index (χ2n) is 6.80. The molecule has 0 bridgehead atoms. The number of carbonyl (C=O) groups excluding carboxylic acids is 1. The molecule has 2 aromatic rings. The number of imidazole rings is 1. The molecule has 0 spiro atoms. The zero-order valence-electron chi connectivity index (χ0n) is 15.0. The van der Waals surface area contributed by atoms with E-state index in [1.165, 1.54) is 6.42 Å². The molecule has 1 saturated heterocycles. The fourth-order valence-corrected chi connectivity index (χ4v) is 3.67. The standard InChI is InChI=1S/C19H24N4O3/c1-14-20-8-11-22(14)10-7-16-4-2-3-9-23(16)19(24)21-15-5-6-17-18(12-15)26-13-25-17/h5-6,8,11-12,16H,2-4,7,9-10,13H2,1H3,(H,21,24)/t16-/m0/s1. The molecule has 1 aromatic carbocycles. The lowest BCUT2D eigenvalue weighted by Crippen LogP contribution is -2.46. The number of piperidine rings is 1. The minimum Gasteiger partial charge on any atom is -0.454 e. The van der Waals surface area contributed by atoms with Crippen LogP contribution in [0.5, 0.6) is 11.5 Å². The number of nitrogens with one attached hydrogen (secondary N) is 1. The van der Waals surface area contributed by atoms with E-state index in [4.69, 9.17) is 9.47 Å². The van der Waals surface area contributed by atoms with Crippen molar-refractivity contribution >= 4 is 11.7 Å². The zero-order valence-corrected chi connectivity index (χ0v) is 15.0. The van der Waals surface area contributed by atoms with Crippen LogP contribution in [0.3, 0.4) is 0 Å². The molecule has 0 unspecified atom stereocenters. The van der Waals surface area contributed by atoms with Gasteiger partial charge in [0, 0.05) is 43.3 Å². The summed E-state index contributed by atoms with van der Waals surface area (Å²) in [5, 5.41) is 3.01. The van der Waals surface area contributed by atoms with E-state index >= 15 is 0 Å². The Labute approximate surface area is 152 Å². The monoisotopic (exact) mass is 356 g/mol. The Balaban J connectivity index is 1.40. The van der Waals surface area contributed by atoms with Crippen molar-refractivity contribution in [3.05, 3.63) is 36.4 Å². The number of rotatable bonds is 4. The van der Waals surface area contributed by atoms with Crippen molar-refractivity contribution in [3.63, 3.8) is 0 Å². The van der Waals surface area contributed by atoms with Gasteiger partial charge in [0.05, 0.1) is 0 Å². The van der Waals surface area contributed by atoms with Crippen LogP contribution in [0.15, 0.2) is 30.6 Å². The predicted octanol–water partition coefficient (Wildman–Crippen LogP) is 3.40. The lowest BCUT2D eigenvalue weighted by molar-refractivity contribution is 0.155. The number of benzene rings is 1. The molecule has 2 amide bonds. The average molecular weight is 356 g/mol. The summed E-state index contributed by atoms with van der Waals surface area (Å²) in [6.07, 6.45) is 8.01. The molecule has 7 heteroatoms. The minimum absolute atomic E-state index is 0.0454. The molecule has 0 aliphatic carbocycles. The molecule has 0 radical (unpaired) electrons. The molecule has 26 heavy (non-hydrogen) atoms. The molecular formula is C19H24N4O3. The Morgan fingerprint density at radius 2 is 2.19 bits per heavy atom. The van der Waals surface area contributed by atoms with Gasteiger partial charge in [0.2, 0.25) is 6.79 Å². The number of urea groups is 1. The van der Waals surface area contributed by atoms with Gasteiger partial charge in [-0.2, -0.15) is 0 Å². The van der Waals surface area contributed by atoms with E-state index in [0.29, 0.717) is 5.75 Å². The highest BCUT2D eigenvalue weighted by molar-refractivity contribution is 5.90. The van der Waals surface area contributed by atoms with Gasteiger partial charge >= 0.3 is 6.03 Å². The third-order valence-electron chi connectivity index (χ3n) is 5.14. The Bertz CT molecular complexity index is 789. The number of amides is 2. The molecule has 2 aliphatic heterocycles. The lowest BCUT2D eigenvalue weighted by atomic mass is 9.99. The SMILES string of the molecule is Cc1nccn1CC[C@@H]1CCCCN1C(=O)Nc1ccc2c(c1)OCO2. The van der Waals surface area contributed by atoms with Crippen LogP contribution in [-0.2, 0) is 6.54 Å². The fraction of sp³-hybridized carbons (Fsp3) is 0.474. The van der Waals surface area contributed by atoms with Crippen LogP contribution in [0.25, 0.3) is 0 Å². The van der Waals surface area contributed by atoms with E-state index < -0.39 is 0 Å². The Kier molecular flexibility index (Phi) is 4.69. The summed E-state index contributed by atoms with van der Waals surface area (Å²) in [5.41, 5.74) is 0.731. The number of hydrogen-bond donors (Lipinski definition) is 1. The number of aromatic nitrogens is 2. The van der Waals surface area contributed by atoms with Crippen LogP contribution < -0.4 is 14.8 Å². The molecule has 1 fully saturated rings. The van der Waals surface area contributed by atoms with E-state index in [9.17, 15) is 4.79 Å². The summed E-state index contributed by atoms with van der Waals surface area (Å²) < 4.78 is 12.8. The van der Waals surface area contributed by atoms with Crippen molar-refractivity contribution in [2.75, 3.05) is 18.7 Å². The van der Waals surface area contributed by atoms with E-state index in [0.717, 1.165) is 49.6 Å². The van der Waals surface area contributed by atoms with E-state index in [2.05, 4.69) is 14.9 Å². The molecule has 1 atom stereocenters. The number of carbonyl (C=O) groups is 1. The van der Waals surface area contributed by atoms with E-state index in [-0.39, 0.29) is 18.9 Å². The van der Waals surface area contributed by atoms with Gasteiger partial charge in [-0.15, -0.1) is 0 Å². The first-order valence-corrected chi connectivity index (χ1v) is 9.16. The molecule has 4 rings (SSSR count). The second-order valence-corrected chi connectivity index (χ2v) is 6.80. The van der Waals surface area contributed by atoms with Crippen molar-refractivity contribution in [2.24, 2.45) is 0 Å². The maximum absolute atomic E-state index is 12.8. The number of anilines is 1. The molecule has 7 nitrogen and oxygen atoms in total. The van der Waals surface area contributed by atoms with Crippen molar-refractivity contribution in [2.45, 2.75) is 45.2 Å². The van der Waals surface area contributed by atoms with Gasteiger partial charge in [0.25, 0.3) is 0 Å².